The van der Waals surface area contributed by atoms with Crippen LogP contribution in [0.3, 0.4) is 0 Å². The van der Waals surface area contributed by atoms with Crippen LogP contribution < -0.4 is 17.0 Å². The Bertz CT molecular complexity index is 1950. The van der Waals surface area contributed by atoms with Crippen molar-refractivity contribution in [3.8, 4) is 0 Å². The predicted molar refractivity (Wildman–Crippen MR) is 155 cm³/mol. The number of hydrogen-bond donors (Lipinski definition) is 5. The lowest BCUT2D eigenvalue weighted by molar-refractivity contribution is -0.0578. The van der Waals surface area contributed by atoms with Gasteiger partial charge in [-0.2, -0.15) is 4.98 Å². The van der Waals surface area contributed by atoms with Crippen molar-refractivity contribution in [3.63, 3.8) is 0 Å². The Morgan fingerprint density at radius 1 is 0.956 bits per heavy atom. The summed E-state index contributed by atoms with van der Waals surface area (Å²) in [5.74, 6) is -0.224. The third kappa shape index (κ3) is 5.54. The normalized spacial score (nSPS) is 37.7. The van der Waals surface area contributed by atoms with Gasteiger partial charge >= 0.3 is 13.5 Å². The molecule has 4 aromatic rings. The van der Waals surface area contributed by atoms with Crippen molar-refractivity contribution in [3.05, 3.63) is 29.3 Å². The number of nitrogens with two attached hydrogens (primary N) is 2. The second-order valence-electron chi connectivity index (χ2n) is 10.0. The number of nitrogen functional groups attached to an aromatic ring is 2. The molecule has 242 valence electrons. The summed E-state index contributed by atoms with van der Waals surface area (Å²) in [7, 11) is 0. The fourth-order valence-electron chi connectivity index (χ4n) is 5.23. The quantitative estimate of drug-likeness (QED) is 0.142. The molecule has 7 heterocycles. The molecule has 0 aliphatic carbocycles. The van der Waals surface area contributed by atoms with E-state index in [1.807, 2.05) is 0 Å². The molecule has 3 saturated heterocycles. The second-order valence-corrected chi connectivity index (χ2v) is 15.7. The van der Waals surface area contributed by atoms with Gasteiger partial charge in [0.25, 0.3) is 5.56 Å². The molecule has 0 amide bonds. The van der Waals surface area contributed by atoms with Crippen LogP contribution in [0.2, 0.25) is 0 Å². The number of nitrogens with one attached hydrogen (secondary N) is 1. The van der Waals surface area contributed by atoms with Crippen LogP contribution in [0.4, 0.5) is 20.5 Å². The Labute approximate surface area is 259 Å². The van der Waals surface area contributed by atoms with Crippen molar-refractivity contribution in [2.75, 3.05) is 24.7 Å². The van der Waals surface area contributed by atoms with Crippen LogP contribution in [0, 0.1) is 0 Å². The predicted octanol–water partition coefficient (Wildman–Crippen LogP) is 0.667. The van der Waals surface area contributed by atoms with E-state index in [1.165, 1.54) is 10.9 Å². The van der Waals surface area contributed by atoms with E-state index < -0.39 is 81.5 Å². The lowest BCUT2D eigenvalue weighted by Crippen LogP contribution is -2.34. The van der Waals surface area contributed by atoms with Crippen LogP contribution in [0.25, 0.3) is 22.3 Å². The molecule has 3 fully saturated rings. The summed E-state index contributed by atoms with van der Waals surface area (Å²) < 4.78 is 81.1. The molecule has 6 N–H and O–H groups in total. The molecule has 0 radical (unpaired) electrons. The number of nitrogens with zero attached hydrogens (tertiary/aromatic N) is 7. The van der Waals surface area contributed by atoms with Crippen LogP contribution in [-0.4, -0.2) is 93.9 Å². The van der Waals surface area contributed by atoms with Gasteiger partial charge in [0.05, 0.1) is 25.9 Å². The number of imidazole rings is 2. The largest absolute Gasteiger partial charge is 0.386 e. The molecule has 19 nitrogen and oxygen atoms in total. The maximum atomic E-state index is 16.0. The molecule has 3 aliphatic heterocycles. The van der Waals surface area contributed by atoms with Crippen molar-refractivity contribution in [2.45, 2.75) is 49.2 Å². The summed E-state index contributed by atoms with van der Waals surface area (Å²) in [6.45, 7) is -10.2. The SMILES string of the molecule is Nc1nc2c(ncn2[C@@H]2O[C@@H]3COP(O)(=S)O[C@@H]4C(F)[C@H](n5cnc6c(N)ncnc65)O[C@@H]4COP(=O)(S)OC2C3F)c(=O)[nH]1. The van der Waals surface area contributed by atoms with Gasteiger partial charge in [-0.15, -0.1) is 0 Å². The molecule has 5 unspecified atom stereocenters. The van der Waals surface area contributed by atoms with Crippen LogP contribution in [0.5, 0.6) is 0 Å². The number of hydrogen-bond acceptors (Lipinski definition) is 16. The molecule has 3 aliphatic rings. The molecule has 0 spiro atoms. The zero-order valence-corrected chi connectivity index (χ0v) is 25.8. The van der Waals surface area contributed by atoms with Crippen LogP contribution >= 0.6 is 25.8 Å². The van der Waals surface area contributed by atoms with E-state index in [0.29, 0.717) is 0 Å². The molecule has 7 rings (SSSR count). The molecular weight excluding hydrogens is 688 g/mol. The Morgan fingerprint density at radius 2 is 1.64 bits per heavy atom. The summed E-state index contributed by atoms with van der Waals surface area (Å²) in [6, 6.07) is 0. The minimum absolute atomic E-state index is 0.0396. The van der Waals surface area contributed by atoms with Crippen LogP contribution in [0.15, 0.2) is 23.8 Å². The van der Waals surface area contributed by atoms with Gasteiger partial charge in [0.15, 0.2) is 47.4 Å². The average Bonchev–Trinajstić information content (AvgIpc) is 3.72. The zero-order chi connectivity index (χ0) is 31.8. The number of rotatable bonds is 2. The minimum Gasteiger partial charge on any atom is -0.382 e. The van der Waals surface area contributed by atoms with Gasteiger partial charge in [-0.3, -0.25) is 32.5 Å². The number of H-pyrrole nitrogens is 1. The van der Waals surface area contributed by atoms with E-state index in [0.717, 1.165) is 17.2 Å². The Kier molecular flexibility index (Phi) is 7.72. The van der Waals surface area contributed by atoms with Gasteiger partial charge in [0.2, 0.25) is 5.95 Å². The first-order valence-corrected chi connectivity index (χ1v) is 18.2. The van der Waals surface area contributed by atoms with E-state index in [2.05, 4.69) is 42.2 Å². The van der Waals surface area contributed by atoms with Gasteiger partial charge in [0, 0.05) is 0 Å². The Hall–Kier alpha value is -2.69. The molecule has 10 atom stereocenters. The fourth-order valence-corrected chi connectivity index (χ4v) is 8.12. The van der Waals surface area contributed by atoms with Gasteiger partial charge in [-0.1, -0.05) is 12.2 Å². The zero-order valence-electron chi connectivity index (χ0n) is 22.3. The first kappa shape index (κ1) is 30.9. The monoisotopic (exact) mass is 710 g/mol. The first-order valence-electron chi connectivity index (χ1n) is 12.9. The number of aromatic nitrogens is 8. The van der Waals surface area contributed by atoms with Gasteiger partial charge in [0.1, 0.15) is 36.3 Å². The standard InChI is InChI=1S/C20H22F2N10O9P2S2/c21-8-6-1-36-42(34,44)40-12-7(39-18(9(12)22)31-4-27-10-14(23)25-3-26-15(10)31)2-37-43(35,45)41-13(8)19(38-6)32-5-28-11-16(32)29-20(24)30-17(11)33/h3-9,12-13,18-19H,1-2H2,(H,34,44)(H,35,45)(H2,23,25,26)(H3,24,29,30,33)/t6-,7-,8?,9?,12+,13?,18-,19-,42?,43?/m1/s1. The van der Waals surface area contributed by atoms with E-state index in [4.69, 9.17) is 50.8 Å². The van der Waals surface area contributed by atoms with Crippen molar-refractivity contribution < 1.29 is 45.8 Å². The third-order valence-corrected chi connectivity index (χ3v) is 10.4. The number of ether oxygens (including phenoxy) is 2. The molecular formula is C20H22F2N10O9P2S2. The molecule has 2 bridgehead atoms. The topological polar surface area (TPSA) is 252 Å². The molecule has 45 heavy (non-hydrogen) atoms. The molecule has 0 aromatic carbocycles. The average molecular weight is 711 g/mol. The highest BCUT2D eigenvalue weighted by Crippen LogP contribution is 2.59. The Balaban J connectivity index is 1.21. The Morgan fingerprint density at radius 3 is 2.42 bits per heavy atom. The van der Waals surface area contributed by atoms with Crippen LogP contribution in [-0.2, 0) is 43.9 Å². The van der Waals surface area contributed by atoms with E-state index >= 15 is 8.78 Å². The number of halogens is 2. The number of alkyl halides is 2. The summed E-state index contributed by atoms with van der Waals surface area (Å²) in [5, 5.41) is 0. The summed E-state index contributed by atoms with van der Waals surface area (Å²) in [6.07, 6.45) is -9.83. The number of aromatic amines is 1. The summed E-state index contributed by atoms with van der Waals surface area (Å²) in [5.41, 5.74) is 10.9. The lowest BCUT2D eigenvalue weighted by atomic mass is 10.1. The summed E-state index contributed by atoms with van der Waals surface area (Å²) in [4.78, 5) is 45.5. The molecule has 0 saturated carbocycles. The third-order valence-electron chi connectivity index (χ3n) is 7.23. The smallest absolute Gasteiger partial charge is 0.382 e. The molecule has 25 heteroatoms. The maximum Gasteiger partial charge on any atom is 0.386 e. The summed E-state index contributed by atoms with van der Waals surface area (Å²) >= 11 is 9.11. The van der Waals surface area contributed by atoms with Crippen molar-refractivity contribution in [1.29, 1.82) is 0 Å². The lowest BCUT2D eigenvalue weighted by Gasteiger charge is -2.26. The fraction of sp³-hybridized carbons (Fsp3) is 0.500. The van der Waals surface area contributed by atoms with Gasteiger partial charge in [-0.05, 0) is 11.8 Å². The van der Waals surface area contributed by atoms with E-state index in [1.54, 1.807) is 0 Å². The second kappa shape index (κ2) is 11.2. The highest BCUT2D eigenvalue weighted by molar-refractivity contribution is 8.44. The minimum atomic E-state index is -4.49. The van der Waals surface area contributed by atoms with Gasteiger partial charge < -0.3 is 30.4 Å². The highest BCUT2D eigenvalue weighted by atomic mass is 32.7. The van der Waals surface area contributed by atoms with Crippen molar-refractivity contribution in [2.24, 2.45) is 0 Å². The molecule has 4 aromatic heterocycles. The highest BCUT2D eigenvalue weighted by Gasteiger charge is 2.54. The van der Waals surface area contributed by atoms with E-state index in [9.17, 15) is 14.3 Å². The number of fused-ring (bicyclic) bond motifs is 5. The van der Waals surface area contributed by atoms with Crippen molar-refractivity contribution >= 4 is 71.7 Å². The number of anilines is 2. The van der Waals surface area contributed by atoms with E-state index in [-0.39, 0.29) is 34.1 Å². The van der Waals surface area contributed by atoms with Crippen molar-refractivity contribution in [1.82, 2.24) is 39.0 Å². The number of thiol groups is 1. The van der Waals surface area contributed by atoms with Crippen LogP contribution in [0.1, 0.15) is 12.5 Å². The maximum absolute atomic E-state index is 16.0. The first-order chi connectivity index (χ1) is 21.3. The van der Waals surface area contributed by atoms with Gasteiger partial charge in [-0.25, -0.2) is 33.3 Å².